The van der Waals surface area contributed by atoms with Crippen molar-refractivity contribution in [1.29, 1.82) is 0 Å². The Hall–Kier alpha value is -2.14. The fourth-order valence-corrected chi connectivity index (χ4v) is 4.25. The minimum absolute atomic E-state index is 0.197. The van der Waals surface area contributed by atoms with Gasteiger partial charge in [-0.05, 0) is 49.8 Å². The Balaban J connectivity index is 1.72. The van der Waals surface area contributed by atoms with Gasteiger partial charge in [-0.2, -0.15) is 0 Å². The van der Waals surface area contributed by atoms with Crippen LogP contribution in [0.25, 0.3) is 21.7 Å². The van der Waals surface area contributed by atoms with Gasteiger partial charge in [0.25, 0.3) is 0 Å². The van der Waals surface area contributed by atoms with Crippen molar-refractivity contribution in [2.24, 2.45) is 0 Å². The second kappa shape index (κ2) is 6.40. The Morgan fingerprint density at radius 3 is 2.92 bits per heavy atom. The van der Waals surface area contributed by atoms with E-state index >= 15 is 0 Å². The maximum Gasteiger partial charge on any atom is 0.242 e. The van der Waals surface area contributed by atoms with E-state index in [1.165, 1.54) is 6.42 Å². The van der Waals surface area contributed by atoms with Crippen molar-refractivity contribution in [3.63, 3.8) is 0 Å². The predicted molar refractivity (Wildman–Crippen MR) is 98.1 cm³/mol. The van der Waals surface area contributed by atoms with Gasteiger partial charge in [-0.1, -0.05) is 18.2 Å². The van der Waals surface area contributed by atoms with Gasteiger partial charge in [-0.25, -0.2) is 4.98 Å². The van der Waals surface area contributed by atoms with Crippen LogP contribution in [0, 0.1) is 0 Å². The monoisotopic (exact) mass is 339 g/mol. The highest BCUT2D eigenvalue weighted by molar-refractivity contribution is 7.13. The zero-order valence-corrected chi connectivity index (χ0v) is 14.6. The number of fused-ring (bicyclic) bond motifs is 1. The molecule has 0 spiro atoms. The number of hydrogen-bond acceptors (Lipinski definition) is 3. The zero-order valence-electron chi connectivity index (χ0n) is 13.8. The largest absolute Gasteiger partial charge is 0.338 e. The number of amides is 1. The summed E-state index contributed by atoms with van der Waals surface area (Å²) in [5.41, 5.74) is 1.97. The van der Waals surface area contributed by atoms with Crippen LogP contribution in [-0.2, 0) is 11.3 Å². The summed E-state index contributed by atoms with van der Waals surface area (Å²) in [5.74, 6) is 1.09. The number of para-hydroxylation sites is 2. The Bertz CT molecular complexity index is 853. The van der Waals surface area contributed by atoms with Gasteiger partial charge in [0.2, 0.25) is 5.91 Å². The second-order valence-corrected chi connectivity index (χ2v) is 7.37. The van der Waals surface area contributed by atoms with Crippen molar-refractivity contribution < 1.29 is 4.79 Å². The molecule has 1 unspecified atom stereocenters. The molecular weight excluding hydrogens is 318 g/mol. The van der Waals surface area contributed by atoms with E-state index in [1.807, 2.05) is 40.6 Å². The molecule has 1 fully saturated rings. The molecule has 1 amide bonds. The number of hydrogen-bond donors (Lipinski definition) is 0. The van der Waals surface area contributed by atoms with Gasteiger partial charge in [-0.15, -0.1) is 11.3 Å². The molecule has 0 N–H and O–H groups in total. The molecule has 5 heteroatoms. The van der Waals surface area contributed by atoms with E-state index in [0.29, 0.717) is 12.6 Å². The van der Waals surface area contributed by atoms with E-state index in [-0.39, 0.29) is 5.91 Å². The first kappa shape index (κ1) is 15.4. The number of imidazole rings is 1. The average Bonchev–Trinajstić information content (AvgIpc) is 3.23. The maximum absolute atomic E-state index is 12.9. The fourth-order valence-electron chi connectivity index (χ4n) is 3.52. The highest BCUT2D eigenvalue weighted by Crippen LogP contribution is 2.28. The van der Waals surface area contributed by atoms with Crippen molar-refractivity contribution in [3.8, 4) is 10.7 Å². The molecule has 1 aromatic carbocycles. The van der Waals surface area contributed by atoms with Crippen molar-refractivity contribution in [2.75, 3.05) is 6.54 Å². The summed E-state index contributed by atoms with van der Waals surface area (Å²) < 4.78 is 2.07. The number of carbonyl (C=O) groups excluding carboxylic acids is 1. The van der Waals surface area contributed by atoms with Crippen LogP contribution in [0.15, 0.2) is 41.8 Å². The molecule has 24 heavy (non-hydrogen) atoms. The molecule has 0 saturated carbocycles. The normalized spacial score (nSPS) is 18.2. The van der Waals surface area contributed by atoms with Gasteiger partial charge < -0.3 is 9.47 Å². The Kier molecular flexibility index (Phi) is 4.10. The van der Waals surface area contributed by atoms with E-state index < -0.39 is 0 Å². The highest BCUT2D eigenvalue weighted by Gasteiger charge is 2.25. The molecule has 1 atom stereocenters. The number of rotatable bonds is 3. The van der Waals surface area contributed by atoms with Gasteiger partial charge >= 0.3 is 0 Å². The number of piperidine rings is 1. The minimum atomic E-state index is 0.197. The molecule has 124 valence electrons. The van der Waals surface area contributed by atoms with Gasteiger partial charge in [0.15, 0.2) is 5.82 Å². The summed E-state index contributed by atoms with van der Waals surface area (Å²) in [5, 5.41) is 2.05. The molecule has 0 bridgehead atoms. The van der Waals surface area contributed by atoms with E-state index in [0.717, 1.165) is 41.1 Å². The fraction of sp³-hybridized carbons (Fsp3) is 0.368. The summed E-state index contributed by atoms with van der Waals surface area (Å²) in [7, 11) is 0. The van der Waals surface area contributed by atoms with Crippen LogP contribution >= 0.6 is 11.3 Å². The van der Waals surface area contributed by atoms with Crippen LogP contribution < -0.4 is 0 Å². The van der Waals surface area contributed by atoms with E-state index in [4.69, 9.17) is 4.98 Å². The zero-order chi connectivity index (χ0) is 16.5. The lowest BCUT2D eigenvalue weighted by Gasteiger charge is -2.33. The molecule has 0 aliphatic carbocycles. The van der Waals surface area contributed by atoms with Crippen molar-refractivity contribution in [3.05, 3.63) is 41.8 Å². The van der Waals surface area contributed by atoms with Gasteiger partial charge in [0.1, 0.15) is 6.54 Å². The second-order valence-electron chi connectivity index (χ2n) is 6.42. The number of benzene rings is 1. The van der Waals surface area contributed by atoms with Gasteiger partial charge in [0, 0.05) is 12.6 Å². The molecule has 1 saturated heterocycles. The smallest absolute Gasteiger partial charge is 0.242 e. The molecule has 0 radical (unpaired) electrons. The first-order valence-electron chi connectivity index (χ1n) is 8.52. The van der Waals surface area contributed by atoms with Crippen LogP contribution in [0.4, 0.5) is 0 Å². The maximum atomic E-state index is 12.9. The quantitative estimate of drug-likeness (QED) is 0.718. The van der Waals surface area contributed by atoms with E-state index in [2.05, 4.69) is 17.6 Å². The summed E-state index contributed by atoms with van der Waals surface area (Å²) in [6, 6.07) is 12.5. The first-order valence-corrected chi connectivity index (χ1v) is 9.40. The first-order chi connectivity index (χ1) is 11.7. The van der Waals surface area contributed by atoms with Gasteiger partial charge in [-0.3, -0.25) is 4.79 Å². The molecule has 1 aliphatic rings. The molecule has 4 nitrogen and oxygen atoms in total. The molecular formula is C19H21N3OS. The number of nitrogens with zero attached hydrogens (tertiary/aromatic N) is 3. The van der Waals surface area contributed by atoms with Crippen LogP contribution in [0.5, 0.6) is 0 Å². The standard InChI is InChI=1S/C19H21N3OS/c1-14-7-4-5-11-21(14)18(23)13-22-16-9-3-2-8-15(16)20-19(22)17-10-6-12-24-17/h2-3,6,8-10,12,14H,4-5,7,11,13H2,1H3. The summed E-state index contributed by atoms with van der Waals surface area (Å²) in [6.07, 6.45) is 3.44. The van der Waals surface area contributed by atoms with E-state index in [1.54, 1.807) is 11.3 Å². The number of aromatic nitrogens is 2. The predicted octanol–water partition coefficient (Wildman–Crippen LogP) is 4.17. The number of thiophene rings is 1. The Morgan fingerprint density at radius 1 is 1.25 bits per heavy atom. The SMILES string of the molecule is CC1CCCCN1C(=O)Cn1c(-c2cccs2)nc2ccccc21. The number of likely N-dealkylation sites (tertiary alicyclic amines) is 1. The third-order valence-electron chi connectivity index (χ3n) is 4.81. The minimum Gasteiger partial charge on any atom is -0.338 e. The summed E-state index contributed by atoms with van der Waals surface area (Å²) >= 11 is 1.66. The van der Waals surface area contributed by atoms with Crippen LogP contribution in [0.1, 0.15) is 26.2 Å². The number of carbonyl (C=O) groups is 1. The molecule has 3 heterocycles. The Morgan fingerprint density at radius 2 is 2.12 bits per heavy atom. The molecule has 4 rings (SSSR count). The van der Waals surface area contributed by atoms with Crippen molar-refractivity contribution in [1.82, 2.24) is 14.5 Å². The average molecular weight is 339 g/mol. The lowest BCUT2D eigenvalue weighted by atomic mass is 10.0. The third-order valence-corrected chi connectivity index (χ3v) is 5.68. The Labute approximate surface area is 145 Å². The lowest BCUT2D eigenvalue weighted by Crippen LogP contribution is -2.43. The van der Waals surface area contributed by atoms with Gasteiger partial charge in [0.05, 0.1) is 15.9 Å². The van der Waals surface area contributed by atoms with Crippen molar-refractivity contribution in [2.45, 2.75) is 38.8 Å². The molecule has 3 aromatic rings. The summed E-state index contributed by atoms with van der Waals surface area (Å²) in [6.45, 7) is 3.39. The lowest BCUT2D eigenvalue weighted by molar-refractivity contribution is -0.134. The van der Waals surface area contributed by atoms with Crippen LogP contribution in [0.3, 0.4) is 0 Å². The topological polar surface area (TPSA) is 38.1 Å². The highest BCUT2D eigenvalue weighted by atomic mass is 32.1. The summed E-state index contributed by atoms with van der Waals surface area (Å²) in [4.78, 5) is 20.8. The van der Waals surface area contributed by atoms with Crippen LogP contribution in [-0.4, -0.2) is 32.9 Å². The van der Waals surface area contributed by atoms with Crippen molar-refractivity contribution >= 4 is 28.3 Å². The molecule has 1 aliphatic heterocycles. The van der Waals surface area contributed by atoms with E-state index in [9.17, 15) is 4.79 Å². The molecule has 2 aromatic heterocycles. The third kappa shape index (κ3) is 2.73. The van der Waals surface area contributed by atoms with Crippen LogP contribution in [0.2, 0.25) is 0 Å².